The Morgan fingerprint density at radius 2 is 2.33 bits per heavy atom. The minimum absolute atomic E-state index is 0.324. The Kier molecular flexibility index (Phi) is 3.38. The summed E-state index contributed by atoms with van der Waals surface area (Å²) >= 11 is 0. The number of rotatable bonds is 5. The van der Waals surface area contributed by atoms with E-state index in [4.69, 9.17) is 5.11 Å². The molecule has 0 saturated carbocycles. The monoisotopic (exact) mass is 209 g/mol. The number of nitrogens with zero attached hydrogens (tertiary/aromatic N) is 3. The highest BCUT2D eigenvalue weighted by Crippen LogP contribution is 2.17. The molecule has 1 fully saturated rings. The van der Waals surface area contributed by atoms with Crippen molar-refractivity contribution in [3.05, 3.63) is 18.2 Å². The third kappa shape index (κ3) is 2.38. The summed E-state index contributed by atoms with van der Waals surface area (Å²) in [4.78, 5) is 6.53. The van der Waals surface area contributed by atoms with Crippen molar-refractivity contribution in [3.63, 3.8) is 0 Å². The molecule has 0 unspecified atom stereocenters. The first-order valence-corrected chi connectivity index (χ1v) is 5.65. The zero-order chi connectivity index (χ0) is 10.7. The van der Waals surface area contributed by atoms with Crippen molar-refractivity contribution >= 4 is 0 Å². The Balaban J connectivity index is 1.85. The Morgan fingerprint density at radius 3 is 3.00 bits per heavy atom. The molecule has 0 aromatic carbocycles. The van der Waals surface area contributed by atoms with Crippen molar-refractivity contribution in [2.45, 2.75) is 26.4 Å². The molecule has 0 bridgehead atoms. The summed E-state index contributed by atoms with van der Waals surface area (Å²) in [5.41, 5.74) is 1.29. The van der Waals surface area contributed by atoms with Crippen LogP contribution in [0.15, 0.2) is 12.5 Å². The van der Waals surface area contributed by atoms with Gasteiger partial charge in [-0.2, -0.15) is 0 Å². The number of aromatic nitrogens is 2. The summed E-state index contributed by atoms with van der Waals surface area (Å²) in [7, 11) is 0. The molecule has 0 spiro atoms. The van der Waals surface area contributed by atoms with E-state index in [2.05, 4.69) is 21.4 Å². The number of aryl methyl sites for hydroxylation is 1. The Morgan fingerprint density at radius 1 is 1.53 bits per heavy atom. The van der Waals surface area contributed by atoms with Crippen LogP contribution in [0.4, 0.5) is 0 Å². The smallest absolute Gasteiger partial charge is 0.0948 e. The lowest BCUT2D eigenvalue weighted by atomic mass is 10.0. The van der Waals surface area contributed by atoms with Crippen LogP contribution < -0.4 is 0 Å². The summed E-state index contributed by atoms with van der Waals surface area (Å²) in [5.74, 6) is 0.493. The van der Waals surface area contributed by atoms with E-state index in [1.807, 2.05) is 12.5 Å². The van der Waals surface area contributed by atoms with Gasteiger partial charge in [0.1, 0.15) is 0 Å². The fourth-order valence-electron chi connectivity index (χ4n) is 2.07. The van der Waals surface area contributed by atoms with Crippen molar-refractivity contribution in [2.24, 2.45) is 5.92 Å². The Bertz CT molecular complexity index is 305. The third-order valence-corrected chi connectivity index (χ3v) is 2.94. The first kappa shape index (κ1) is 10.6. The summed E-state index contributed by atoms with van der Waals surface area (Å²) in [6.45, 7) is 6.56. The lowest BCUT2D eigenvalue weighted by Gasteiger charge is -2.38. The van der Waals surface area contributed by atoms with Gasteiger partial charge in [-0.05, 0) is 6.42 Å². The average molecular weight is 209 g/mol. The van der Waals surface area contributed by atoms with Crippen molar-refractivity contribution in [1.29, 1.82) is 0 Å². The van der Waals surface area contributed by atoms with E-state index < -0.39 is 0 Å². The van der Waals surface area contributed by atoms with Crippen LogP contribution in [0.25, 0.3) is 0 Å². The van der Waals surface area contributed by atoms with Gasteiger partial charge in [0.25, 0.3) is 0 Å². The predicted molar refractivity (Wildman–Crippen MR) is 58.4 cm³/mol. The van der Waals surface area contributed by atoms with Crippen molar-refractivity contribution in [1.82, 2.24) is 14.5 Å². The molecule has 1 aliphatic heterocycles. The van der Waals surface area contributed by atoms with Gasteiger partial charge in [-0.15, -0.1) is 0 Å². The minimum atomic E-state index is 0.324. The Labute approximate surface area is 90.5 Å². The normalized spacial score (nSPS) is 18.0. The second-order valence-corrected chi connectivity index (χ2v) is 4.32. The molecule has 4 nitrogen and oxygen atoms in total. The van der Waals surface area contributed by atoms with Gasteiger partial charge in [-0.3, -0.25) is 4.90 Å². The van der Waals surface area contributed by atoms with E-state index >= 15 is 0 Å². The summed E-state index contributed by atoms with van der Waals surface area (Å²) in [5, 5.41) is 8.92. The standard InChI is InChI=1S/C11H19N3O/c1-2-3-14-9-12-4-11(14)7-13-5-10(6-13)8-15/h4,9-10,15H,2-3,5-8H2,1H3. The maximum atomic E-state index is 8.92. The first-order valence-electron chi connectivity index (χ1n) is 5.65. The second-order valence-electron chi connectivity index (χ2n) is 4.32. The van der Waals surface area contributed by atoms with Gasteiger partial charge < -0.3 is 9.67 Å². The quantitative estimate of drug-likeness (QED) is 0.777. The largest absolute Gasteiger partial charge is 0.396 e. The number of aliphatic hydroxyl groups is 1. The van der Waals surface area contributed by atoms with E-state index in [-0.39, 0.29) is 0 Å². The molecular formula is C11H19N3O. The number of imidazole rings is 1. The zero-order valence-corrected chi connectivity index (χ0v) is 9.26. The molecule has 0 radical (unpaired) electrons. The molecule has 84 valence electrons. The molecule has 2 rings (SSSR count). The maximum absolute atomic E-state index is 8.92. The van der Waals surface area contributed by atoms with Crippen LogP contribution in [0.1, 0.15) is 19.0 Å². The SMILES string of the molecule is CCCn1cncc1CN1CC(CO)C1. The van der Waals surface area contributed by atoms with E-state index in [0.717, 1.165) is 32.6 Å². The third-order valence-electron chi connectivity index (χ3n) is 2.94. The summed E-state index contributed by atoms with van der Waals surface area (Å²) < 4.78 is 2.21. The summed E-state index contributed by atoms with van der Waals surface area (Å²) in [6.07, 6.45) is 4.99. The minimum Gasteiger partial charge on any atom is -0.396 e. The number of likely N-dealkylation sites (tertiary alicyclic amines) is 1. The van der Waals surface area contributed by atoms with Crippen LogP contribution in [0.5, 0.6) is 0 Å². The molecule has 2 heterocycles. The average Bonchev–Trinajstić information content (AvgIpc) is 2.59. The van der Waals surface area contributed by atoms with Crippen LogP contribution in [0.2, 0.25) is 0 Å². The van der Waals surface area contributed by atoms with Crippen molar-refractivity contribution in [2.75, 3.05) is 19.7 Å². The molecule has 15 heavy (non-hydrogen) atoms. The molecule has 1 aromatic heterocycles. The van der Waals surface area contributed by atoms with E-state index in [1.54, 1.807) is 0 Å². The lowest BCUT2D eigenvalue weighted by molar-refractivity contribution is 0.0461. The van der Waals surface area contributed by atoms with Gasteiger partial charge in [-0.1, -0.05) is 6.92 Å². The molecular weight excluding hydrogens is 190 g/mol. The van der Waals surface area contributed by atoms with Crippen LogP contribution in [0.3, 0.4) is 0 Å². The van der Waals surface area contributed by atoms with Gasteiger partial charge in [-0.25, -0.2) is 4.98 Å². The van der Waals surface area contributed by atoms with Gasteiger partial charge in [0.05, 0.1) is 12.0 Å². The van der Waals surface area contributed by atoms with Gasteiger partial charge in [0.15, 0.2) is 0 Å². The highest BCUT2D eigenvalue weighted by atomic mass is 16.3. The van der Waals surface area contributed by atoms with Crippen LogP contribution in [-0.2, 0) is 13.1 Å². The maximum Gasteiger partial charge on any atom is 0.0948 e. The van der Waals surface area contributed by atoms with E-state index in [9.17, 15) is 0 Å². The first-order chi connectivity index (χ1) is 7.33. The predicted octanol–water partition coefficient (Wildman–Crippen LogP) is 0.717. The molecule has 1 saturated heterocycles. The van der Waals surface area contributed by atoms with Gasteiger partial charge in [0, 0.05) is 44.9 Å². The van der Waals surface area contributed by atoms with Gasteiger partial charge in [0.2, 0.25) is 0 Å². The molecule has 1 aromatic rings. The molecule has 1 aliphatic rings. The van der Waals surface area contributed by atoms with E-state index in [0.29, 0.717) is 12.5 Å². The van der Waals surface area contributed by atoms with Crippen molar-refractivity contribution in [3.8, 4) is 0 Å². The Hall–Kier alpha value is -0.870. The number of aliphatic hydroxyl groups excluding tert-OH is 1. The highest BCUT2D eigenvalue weighted by molar-refractivity contribution is 4.99. The molecule has 4 heteroatoms. The topological polar surface area (TPSA) is 41.3 Å². The van der Waals surface area contributed by atoms with Crippen molar-refractivity contribution < 1.29 is 5.11 Å². The van der Waals surface area contributed by atoms with Crippen LogP contribution in [-0.4, -0.2) is 39.3 Å². The molecule has 1 N–H and O–H groups in total. The lowest BCUT2D eigenvalue weighted by Crippen LogP contribution is -2.47. The van der Waals surface area contributed by atoms with Crippen LogP contribution in [0, 0.1) is 5.92 Å². The van der Waals surface area contributed by atoms with Crippen LogP contribution >= 0.6 is 0 Å². The molecule has 0 amide bonds. The molecule has 0 atom stereocenters. The highest BCUT2D eigenvalue weighted by Gasteiger charge is 2.26. The van der Waals surface area contributed by atoms with Gasteiger partial charge >= 0.3 is 0 Å². The van der Waals surface area contributed by atoms with E-state index in [1.165, 1.54) is 5.69 Å². The zero-order valence-electron chi connectivity index (χ0n) is 9.26. The summed E-state index contributed by atoms with van der Waals surface area (Å²) in [6, 6.07) is 0. The molecule has 0 aliphatic carbocycles. The second kappa shape index (κ2) is 4.77. The number of hydrogen-bond acceptors (Lipinski definition) is 3. The fraction of sp³-hybridized carbons (Fsp3) is 0.727. The number of hydrogen-bond donors (Lipinski definition) is 1. The fourth-order valence-corrected chi connectivity index (χ4v) is 2.07.